The van der Waals surface area contributed by atoms with Crippen molar-refractivity contribution in [2.24, 2.45) is 5.92 Å². The van der Waals surface area contributed by atoms with Crippen LogP contribution in [0.5, 0.6) is 0 Å². The highest BCUT2D eigenvalue weighted by Gasteiger charge is 2.39. The van der Waals surface area contributed by atoms with Crippen LogP contribution in [0.15, 0.2) is 30.5 Å². The molecule has 1 heterocycles. The van der Waals surface area contributed by atoms with Crippen LogP contribution in [0.3, 0.4) is 0 Å². The molecular weight excluding hydrogens is 266 g/mol. The van der Waals surface area contributed by atoms with Gasteiger partial charge in [-0.15, -0.1) is 0 Å². The summed E-state index contributed by atoms with van der Waals surface area (Å²) < 4.78 is 0. The van der Waals surface area contributed by atoms with E-state index < -0.39 is 12.0 Å². The minimum absolute atomic E-state index is 0.0848. The SMILES string of the molecule is C=C1NC(=O)N[C@@H](c2cc(C)ccc2C)[C@@H]1C(=O)N(C)C. The van der Waals surface area contributed by atoms with Gasteiger partial charge in [-0.05, 0) is 25.0 Å². The number of aryl methyl sites for hydroxylation is 2. The Morgan fingerprint density at radius 1 is 1.29 bits per heavy atom. The molecule has 1 fully saturated rings. The molecule has 3 amide bonds. The van der Waals surface area contributed by atoms with Gasteiger partial charge in [0.25, 0.3) is 0 Å². The predicted octanol–water partition coefficient (Wildman–Crippen LogP) is 1.88. The Kier molecular flexibility index (Phi) is 4.02. The van der Waals surface area contributed by atoms with Gasteiger partial charge in [-0.3, -0.25) is 4.79 Å². The van der Waals surface area contributed by atoms with Crippen LogP contribution in [-0.2, 0) is 4.79 Å². The molecule has 1 aromatic carbocycles. The van der Waals surface area contributed by atoms with E-state index in [-0.39, 0.29) is 11.9 Å². The number of benzene rings is 1. The fraction of sp³-hybridized carbons (Fsp3) is 0.375. The van der Waals surface area contributed by atoms with Gasteiger partial charge in [0.15, 0.2) is 0 Å². The average molecular weight is 287 g/mol. The van der Waals surface area contributed by atoms with E-state index in [1.807, 2.05) is 32.0 Å². The molecule has 0 spiro atoms. The Morgan fingerprint density at radius 2 is 1.95 bits per heavy atom. The molecule has 21 heavy (non-hydrogen) atoms. The molecular formula is C16H21N3O2. The van der Waals surface area contributed by atoms with Crippen molar-refractivity contribution in [3.8, 4) is 0 Å². The van der Waals surface area contributed by atoms with E-state index in [4.69, 9.17) is 0 Å². The summed E-state index contributed by atoms with van der Waals surface area (Å²) in [4.78, 5) is 25.8. The summed E-state index contributed by atoms with van der Waals surface area (Å²) in [5, 5.41) is 5.47. The molecule has 0 saturated carbocycles. The topological polar surface area (TPSA) is 61.4 Å². The lowest BCUT2D eigenvalue weighted by Crippen LogP contribution is -2.52. The van der Waals surface area contributed by atoms with Crippen molar-refractivity contribution in [2.45, 2.75) is 19.9 Å². The predicted molar refractivity (Wildman–Crippen MR) is 81.6 cm³/mol. The summed E-state index contributed by atoms with van der Waals surface area (Å²) in [6, 6.07) is 5.29. The third kappa shape index (κ3) is 2.91. The summed E-state index contributed by atoms with van der Waals surface area (Å²) in [7, 11) is 3.40. The van der Waals surface area contributed by atoms with Crippen molar-refractivity contribution in [1.82, 2.24) is 15.5 Å². The second-order valence-electron chi connectivity index (χ2n) is 5.67. The van der Waals surface area contributed by atoms with Crippen LogP contribution >= 0.6 is 0 Å². The van der Waals surface area contributed by atoms with Gasteiger partial charge < -0.3 is 15.5 Å². The lowest BCUT2D eigenvalue weighted by atomic mass is 9.85. The van der Waals surface area contributed by atoms with Gasteiger partial charge in [-0.25, -0.2) is 4.79 Å². The Labute approximate surface area is 125 Å². The van der Waals surface area contributed by atoms with Crippen molar-refractivity contribution in [3.63, 3.8) is 0 Å². The first kappa shape index (κ1) is 15.1. The van der Waals surface area contributed by atoms with E-state index in [1.165, 1.54) is 4.90 Å². The highest BCUT2D eigenvalue weighted by atomic mass is 16.2. The lowest BCUT2D eigenvalue weighted by molar-refractivity contribution is -0.132. The van der Waals surface area contributed by atoms with E-state index in [1.54, 1.807) is 14.1 Å². The quantitative estimate of drug-likeness (QED) is 0.872. The number of rotatable bonds is 2. The highest BCUT2D eigenvalue weighted by molar-refractivity contribution is 5.88. The van der Waals surface area contributed by atoms with Gasteiger partial charge in [0, 0.05) is 19.8 Å². The third-order valence-electron chi connectivity index (χ3n) is 3.75. The second-order valence-corrected chi connectivity index (χ2v) is 5.67. The number of nitrogens with one attached hydrogen (secondary N) is 2. The van der Waals surface area contributed by atoms with Gasteiger partial charge in [-0.1, -0.05) is 30.3 Å². The van der Waals surface area contributed by atoms with Crippen LogP contribution in [0.4, 0.5) is 4.79 Å². The monoisotopic (exact) mass is 287 g/mol. The first-order valence-corrected chi connectivity index (χ1v) is 6.86. The van der Waals surface area contributed by atoms with Crippen LogP contribution < -0.4 is 10.6 Å². The molecule has 0 aromatic heterocycles. The number of carbonyl (C=O) groups excluding carboxylic acids is 2. The minimum atomic E-state index is -0.516. The zero-order chi connectivity index (χ0) is 15.7. The summed E-state index contributed by atoms with van der Waals surface area (Å²) in [6.45, 7) is 7.82. The summed E-state index contributed by atoms with van der Waals surface area (Å²) in [5.41, 5.74) is 3.51. The second kappa shape index (κ2) is 5.60. The summed E-state index contributed by atoms with van der Waals surface area (Å²) in [5.74, 6) is -0.600. The third-order valence-corrected chi connectivity index (χ3v) is 3.75. The smallest absolute Gasteiger partial charge is 0.319 e. The van der Waals surface area contributed by atoms with Gasteiger partial charge >= 0.3 is 6.03 Å². The van der Waals surface area contributed by atoms with Gasteiger partial charge in [0.05, 0.1) is 6.04 Å². The van der Waals surface area contributed by atoms with Crippen molar-refractivity contribution in [3.05, 3.63) is 47.2 Å². The Bertz CT molecular complexity index is 608. The Hall–Kier alpha value is -2.30. The number of hydrogen-bond acceptors (Lipinski definition) is 2. The summed E-state index contributed by atoms with van der Waals surface area (Å²) >= 11 is 0. The van der Waals surface area contributed by atoms with Crippen LogP contribution in [-0.4, -0.2) is 30.9 Å². The number of hydrogen-bond donors (Lipinski definition) is 2. The molecule has 0 aliphatic carbocycles. The molecule has 5 heteroatoms. The maximum Gasteiger partial charge on any atom is 0.319 e. The standard InChI is InChI=1S/C16H21N3O2/c1-9-6-7-10(2)12(8-9)14-13(15(20)19(4)5)11(3)17-16(21)18-14/h6-8,13-14H,3H2,1-2,4-5H3,(H2,17,18,21)/t13-,14+/m1/s1. The zero-order valence-corrected chi connectivity index (χ0v) is 12.9. The molecule has 0 unspecified atom stereocenters. The van der Waals surface area contributed by atoms with Gasteiger partial charge in [0.1, 0.15) is 5.92 Å². The normalized spacial score (nSPS) is 21.5. The molecule has 1 aliphatic rings. The molecule has 5 nitrogen and oxygen atoms in total. The first-order valence-electron chi connectivity index (χ1n) is 6.86. The van der Waals surface area contributed by atoms with Crippen molar-refractivity contribution in [1.29, 1.82) is 0 Å². The van der Waals surface area contributed by atoms with E-state index in [2.05, 4.69) is 17.2 Å². The summed E-state index contributed by atoms with van der Waals surface area (Å²) in [6.07, 6.45) is 0. The van der Waals surface area contributed by atoms with Crippen molar-refractivity contribution >= 4 is 11.9 Å². The lowest BCUT2D eigenvalue weighted by Gasteiger charge is -2.36. The van der Waals surface area contributed by atoms with Crippen LogP contribution in [0.25, 0.3) is 0 Å². The maximum atomic E-state index is 12.5. The van der Waals surface area contributed by atoms with Crippen molar-refractivity contribution in [2.75, 3.05) is 14.1 Å². The van der Waals surface area contributed by atoms with Crippen LogP contribution in [0.2, 0.25) is 0 Å². The van der Waals surface area contributed by atoms with E-state index in [0.717, 1.165) is 16.7 Å². The molecule has 2 N–H and O–H groups in total. The molecule has 1 aliphatic heterocycles. The Balaban J connectivity index is 2.49. The first-order chi connectivity index (χ1) is 9.81. The van der Waals surface area contributed by atoms with Crippen LogP contribution in [0, 0.1) is 19.8 Å². The van der Waals surface area contributed by atoms with E-state index >= 15 is 0 Å². The molecule has 1 aromatic rings. The molecule has 0 bridgehead atoms. The van der Waals surface area contributed by atoms with E-state index in [0.29, 0.717) is 5.70 Å². The number of urea groups is 1. The number of carbonyl (C=O) groups is 2. The average Bonchev–Trinajstić information content (AvgIpc) is 2.40. The zero-order valence-electron chi connectivity index (χ0n) is 12.9. The van der Waals surface area contributed by atoms with Crippen LogP contribution in [0.1, 0.15) is 22.7 Å². The molecule has 2 atom stereocenters. The molecule has 112 valence electrons. The largest absolute Gasteiger partial charge is 0.348 e. The fourth-order valence-electron chi connectivity index (χ4n) is 2.61. The van der Waals surface area contributed by atoms with Gasteiger partial charge in [-0.2, -0.15) is 0 Å². The molecule has 1 saturated heterocycles. The highest BCUT2D eigenvalue weighted by Crippen LogP contribution is 2.32. The maximum absolute atomic E-state index is 12.5. The number of amides is 3. The molecule has 0 radical (unpaired) electrons. The number of nitrogens with zero attached hydrogens (tertiary/aromatic N) is 1. The fourth-order valence-corrected chi connectivity index (χ4v) is 2.61. The molecule has 2 rings (SSSR count). The van der Waals surface area contributed by atoms with E-state index in [9.17, 15) is 9.59 Å². The van der Waals surface area contributed by atoms with Gasteiger partial charge in [0.2, 0.25) is 5.91 Å². The minimum Gasteiger partial charge on any atom is -0.348 e. The Morgan fingerprint density at radius 3 is 2.57 bits per heavy atom. The van der Waals surface area contributed by atoms with Crippen molar-refractivity contribution < 1.29 is 9.59 Å².